The maximum Gasteiger partial charge on any atom is 0.255 e. The average Bonchev–Trinajstić information content (AvgIpc) is 3.33. The van der Waals surface area contributed by atoms with E-state index in [1.54, 1.807) is 24.0 Å². The highest BCUT2D eigenvalue weighted by atomic mass is 16.5. The fraction of sp³-hybridized carbons (Fsp3) is 0.520. The number of nitrogens with two attached hydrogens (primary N) is 1. The fourth-order valence-electron chi connectivity index (χ4n) is 5.56. The van der Waals surface area contributed by atoms with Gasteiger partial charge in [-0.3, -0.25) is 14.3 Å². The van der Waals surface area contributed by atoms with Crippen molar-refractivity contribution in [2.45, 2.75) is 38.3 Å². The maximum atomic E-state index is 13.0. The Morgan fingerprint density at radius 1 is 1.25 bits per heavy atom. The smallest absolute Gasteiger partial charge is 0.255 e. The minimum Gasteiger partial charge on any atom is -0.473 e. The molecule has 6 rings (SSSR count). The van der Waals surface area contributed by atoms with Crippen LogP contribution in [0.25, 0.3) is 5.52 Å². The molecule has 1 atom stereocenters. The Labute approximate surface area is 208 Å². The number of rotatable bonds is 8. The third kappa shape index (κ3) is 4.06. The van der Waals surface area contributed by atoms with E-state index in [0.29, 0.717) is 22.5 Å². The van der Waals surface area contributed by atoms with Crippen molar-refractivity contribution >= 4 is 23.0 Å². The van der Waals surface area contributed by atoms with E-state index in [0.717, 1.165) is 56.8 Å². The fourth-order valence-corrected chi connectivity index (χ4v) is 5.56. The second-order valence-corrected chi connectivity index (χ2v) is 10.7. The number of carbonyl (C=O) groups excluding carboxylic acids is 2. The predicted molar refractivity (Wildman–Crippen MR) is 131 cm³/mol. The van der Waals surface area contributed by atoms with Gasteiger partial charge in [-0.1, -0.05) is 0 Å². The topological polar surface area (TPSA) is 129 Å². The molecule has 3 aliphatic rings. The van der Waals surface area contributed by atoms with Crippen LogP contribution in [0.4, 0.5) is 5.69 Å². The number of pyridine rings is 1. The Kier molecular flexibility index (Phi) is 5.40. The zero-order valence-electron chi connectivity index (χ0n) is 20.5. The lowest BCUT2D eigenvalue weighted by molar-refractivity contribution is -0.127. The van der Waals surface area contributed by atoms with Crippen molar-refractivity contribution in [3.05, 3.63) is 41.9 Å². The van der Waals surface area contributed by atoms with Gasteiger partial charge in [0.15, 0.2) is 0 Å². The van der Waals surface area contributed by atoms with Crippen molar-refractivity contribution in [1.82, 2.24) is 24.7 Å². The summed E-state index contributed by atoms with van der Waals surface area (Å²) in [6, 6.07) is 4.04. The van der Waals surface area contributed by atoms with Crippen molar-refractivity contribution in [3.8, 4) is 5.88 Å². The zero-order valence-corrected chi connectivity index (χ0v) is 20.5. The first kappa shape index (κ1) is 22.8. The van der Waals surface area contributed by atoms with Gasteiger partial charge in [-0.15, -0.1) is 5.10 Å². The van der Waals surface area contributed by atoms with Gasteiger partial charge in [0.25, 0.3) is 11.8 Å². The number of hydrogen-bond acceptors (Lipinski definition) is 7. The second-order valence-electron chi connectivity index (χ2n) is 10.7. The molecule has 0 unspecified atom stereocenters. The lowest BCUT2D eigenvalue weighted by atomic mass is 9.78. The Morgan fingerprint density at radius 2 is 2.03 bits per heavy atom. The molecule has 1 saturated carbocycles. The highest BCUT2D eigenvalue weighted by Gasteiger charge is 2.49. The Bertz CT molecular complexity index is 1310. The molecule has 2 amide bonds. The SMILES string of the molecule is C[C@@H](CC1CC(Oc2nn(C)cc2C(N)=O)C1)NC(=O)c1cnn2cc(N3CC4(COC4)C3)ccc12. The number of fused-ring (bicyclic) bond motifs is 1. The molecular formula is C25H31N7O4. The standard InChI is InChI=1S/C25H31N7O4/c1-15(5-16-6-18(7-16)36-24-20(22(26)33)10-30(2)29-24)28-23(34)19-8-27-32-9-17(3-4-21(19)32)31-11-25(12-31)13-35-14-25/h3-4,8-10,15-16,18H,5-7,11-14H2,1-2H3,(H2,26,33)(H,28,34)/t15-,16?,18?/m0/s1. The molecule has 1 spiro atoms. The average molecular weight is 494 g/mol. The molecule has 0 radical (unpaired) electrons. The molecule has 2 saturated heterocycles. The van der Waals surface area contributed by atoms with E-state index in [2.05, 4.69) is 26.5 Å². The van der Waals surface area contributed by atoms with Gasteiger partial charge in [-0.2, -0.15) is 5.10 Å². The molecule has 3 fully saturated rings. The first-order valence-corrected chi connectivity index (χ1v) is 12.4. The molecule has 190 valence electrons. The minimum absolute atomic E-state index is 0.00202. The summed E-state index contributed by atoms with van der Waals surface area (Å²) in [5.41, 5.74) is 8.52. The van der Waals surface area contributed by atoms with Gasteiger partial charge in [0, 0.05) is 32.4 Å². The molecule has 3 aromatic heterocycles. The largest absolute Gasteiger partial charge is 0.473 e. The summed E-state index contributed by atoms with van der Waals surface area (Å²) in [5, 5.41) is 11.7. The van der Waals surface area contributed by atoms with Crippen LogP contribution in [0.3, 0.4) is 0 Å². The third-order valence-corrected chi connectivity index (χ3v) is 7.57. The van der Waals surface area contributed by atoms with Crippen LogP contribution in [0.1, 0.15) is 46.9 Å². The van der Waals surface area contributed by atoms with E-state index in [1.807, 2.05) is 19.2 Å². The molecule has 11 nitrogen and oxygen atoms in total. The van der Waals surface area contributed by atoms with Crippen molar-refractivity contribution in [2.75, 3.05) is 31.2 Å². The quantitative estimate of drug-likeness (QED) is 0.485. The maximum absolute atomic E-state index is 13.0. The van der Waals surface area contributed by atoms with Crippen molar-refractivity contribution in [1.29, 1.82) is 0 Å². The molecule has 36 heavy (non-hydrogen) atoms. The van der Waals surface area contributed by atoms with E-state index in [9.17, 15) is 9.59 Å². The highest BCUT2D eigenvalue weighted by Crippen LogP contribution is 2.40. The first-order chi connectivity index (χ1) is 17.3. The molecule has 0 aromatic carbocycles. The molecular weight excluding hydrogens is 462 g/mol. The van der Waals surface area contributed by atoms with Crippen molar-refractivity contribution < 1.29 is 19.1 Å². The normalized spacial score (nSPS) is 23.0. The van der Waals surface area contributed by atoms with E-state index >= 15 is 0 Å². The predicted octanol–water partition coefficient (Wildman–Crippen LogP) is 1.37. The van der Waals surface area contributed by atoms with Gasteiger partial charge in [0.1, 0.15) is 11.7 Å². The van der Waals surface area contributed by atoms with Crippen LogP contribution < -0.4 is 20.7 Å². The summed E-state index contributed by atoms with van der Waals surface area (Å²) in [6.07, 6.45) is 7.73. The number of anilines is 1. The number of aromatic nitrogens is 4. The zero-order chi connectivity index (χ0) is 25.0. The summed E-state index contributed by atoms with van der Waals surface area (Å²) in [4.78, 5) is 26.9. The van der Waals surface area contributed by atoms with Gasteiger partial charge < -0.3 is 25.4 Å². The van der Waals surface area contributed by atoms with E-state index < -0.39 is 5.91 Å². The molecule has 3 aromatic rings. The molecule has 5 heterocycles. The molecule has 2 aliphatic heterocycles. The first-order valence-electron chi connectivity index (χ1n) is 12.4. The number of carbonyl (C=O) groups is 2. The van der Waals surface area contributed by atoms with Gasteiger partial charge in [-0.05, 0) is 44.2 Å². The number of nitrogens with zero attached hydrogens (tertiary/aromatic N) is 5. The lowest BCUT2D eigenvalue weighted by Crippen LogP contribution is -2.66. The summed E-state index contributed by atoms with van der Waals surface area (Å²) in [7, 11) is 1.72. The van der Waals surface area contributed by atoms with Crippen molar-refractivity contribution in [2.24, 2.45) is 24.1 Å². The third-order valence-electron chi connectivity index (χ3n) is 7.57. The van der Waals surface area contributed by atoms with Gasteiger partial charge >= 0.3 is 0 Å². The van der Waals surface area contributed by atoms with Crippen LogP contribution in [0.2, 0.25) is 0 Å². The summed E-state index contributed by atoms with van der Waals surface area (Å²) in [5.74, 6) is 0.0495. The summed E-state index contributed by atoms with van der Waals surface area (Å²) in [6.45, 7) is 5.73. The van der Waals surface area contributed by atoms with Gasteiger partial charge in [0.05, 0.1) is 47.8 Å². The lowest BCUT2D eigenvalue weighted by Gasteiger charge is -2.55. The second kappa shape index (κ2) is 8.51. The molecule has 3 N–H and O–H groups in total. The van der Waals surface area contributed by atoms with Gasteiger partial charge in [-0.25, -0.2) is 4.52 Å². The highest BCUT2D eigenvalue weighted by molar-refractivity contribution is 6.00. The van der Waals surface area contributed by atoms with Crippen LogP contribution in [-0.2, 0) is 11.8 Å². The minimum atomic E-state index is -0.549. The van der Waals surface area contributed by atoms with E-state index in [-0.39, 0.29) is 23.9 Å². The number of primary amides is 1. The van der Waals surface area contributed by atoms with E-state index in [4.69, 9.17) is 15.2 Å². The Morgan fingerprint density at radius 3 is 2.72 bits per heavy atom. The summed E-state index contributed by atoms with van der Waals surface area (Å²) < 4.78 is 14.5. The Hall–Kier alpha value is -3.60. The number of hydrogen-bond donors (Lipinski definition) is 2. The number of ether oxygens (including phenoxy) is 2. The summed E-state index contributed by atoms with van der Waals surface area (Å²) >= 11 is 0. The Balaban J connectivity index is 1.00. The number of nitrogens with one attached hydrogen (secondary N) is 1. The van der Waals surface area contributed by atoms with E-state index in [1.165, 1.54) is 4.68 Å². The monoisotopic (exact) mass is 493 g/mol. The van der Waals surface area contributed by atoms with Crippen LogP contribution >= 0.6 is 0 Å². The van der Waals surface area contributed by atoms with Crippen LogP contribution in [0.15, 0.2) is 30.7 Å². The van der Waals surface area contributed by atoms with Gasteiger partial charge in [0.2, 0.25) is 5.88 Å². The molecule has 0 bridgehead atoms. The number of amides is 2. The molecule has 1 aliphatic carbocycles. The van der Waals surface area contributed by atoms with Crippen molar-refractivity contribution in [3.63, 3.8) is 0 Å². The van der Waals surface area contributed by atoms with Crippen LogP contribution in [-0.4, -0.2) is 69.7 Å². The molecule has 11 heteroatoms. The van der Waals surface area contributed by atoms with Crippen LogP contribution in [0, 0.1) is 11.3 Å². The van der Waals surface area contributed by atoms with Crippen LogP contribution in [0.5, 0.6) is 5.88 Å². The number of aryl methyl sites for hydroxylation is 1.